The van der Waals surface area contributed by atoms with E-state index in [1.165, 1.54) is 5.01 Å². The Morgan fingerprint density at radius 2 is 1.76 bits per heavy atom. The molecule has 0 atom stereocenters. The van der Waals surface area contributed by atoms with E-state index >= 15 is 0 Å². The van der Waals surface area contributed by atoms with E-state index in [1.807, 2.05) is 0 Å². The number of nitro benzene ring substituents is 2. The minimum absolute atomic E-state index is 0.220. The predicted octanol–water partition coefficient (Wildman–Crippen LogP) is 1.77. The van der Waals surface area contributed by atoms with Gasteiger partial charge in [0.15, 0.2) is 0 Å². The first kappa shape index (κ1) is 14.4. The molecular weight excluding hydrogens is 286 g/mol. The molecule has 0 amide bonds. The lowest BCUT2D eigenvalue weighted by atomic mass is 10.2. The molecule has 0 aliphatic carbocycles. The van der Waals surface area contributed by atoms with Crippen molar-refractivity contribution in [2.45, 2.75) is 12.8 Å². The van der Waals surface area contributed by atoms with Gasteiger partial charge in [0.1, 0.15) is 0 Å². The van der Waals surface area contributed by atoms with Crippen molar-refractivity contribution in [2.75, 3.05) is 13.1 Å². The Morgan fingerprint density at radius 3 is 2.33 bits per heavy atom. The molecule has 1 fully saturated rings. The zero-order chi connectivity index (χ0) is 15.4. The highest BCUT2D eigenvalue weighted by Crippen LogP contribution is 2.31. The van der Waals surface area contributed by atoms with Gasteiger partial charge in [-0.25, -0.2) is 0 Å². The first-order valence-electron chi connectivity index (χ1n) is 6.02. The molecular formula is C10H11N5O6. The molecule has 1 aliphatic rings. The van der Waals surface area contributed by atoms with Crippen LogP contribution in [0.2, 0.25) is 0 Å². The van der Waals surface area contributed by atoms with Crippen LogP contribution in [0.15, 0.2) is 23.5 Å². The Bertz CT molecular complexity index is 598. The lowest BCUT2D eigenvalue weighted by Crippen LogP contribution is -2.27. The van der Waals surface area contributed by atoms with Crippen molar-refractivity contribution < 1.29 is 19.7 Å². The molecule has 1 aliphatic heterocycles. The van der Waals surface area contributed by atoms with Crippen LogP contribution in [0.25, 0.3) is 0 Å². The first-order valence-corrected chi connectivity index (χ1v) is 6.02. The van der Waals surface area contributed by atoms with Gasteiger partial charge in [-0.2, -0.15) is 0 Å². The van der Waals surface area contributed by atoms with Gasteiger partial charge in [0.25, 0.3) is 5.69 Å². The number of benzene rings is 1. The Morgan fingerprint density at radius 1 is 1.10 bits per heavy atom. The summed E-state index contributed by atoms with van der Waals surface area (Å²) in [5, 5.41) is 37.6. The Balaban J connectivity index is 2.20. The largest absolute Gasteiger partial charge is 0.569 e. The summed E-state index contributed by atoms with van der Waals surface area (Å²) in [7, 11) is 0. The van der Waals surface area contributed by atoms with Crippen molar-refractivity contribution in [3.05, 3.63) is 43.6 Å². The minimum Gasteiger partial charge on any atom is -0.569 e. The van der Waals surface area contributed by atoms with Crippen molar-refractivity contribution in [3.8, 4) is 5.75 Å². The number of hydrogen-bond donors (Lipinski definition) is 0. The van der Waals surface area contributed by atoms with Crippen LogP contribution < -0.4 is 4.84 Å². The van der Waals surface area contributed by atoms with Gasteiger partial charge < -0.3 is 5.21 Å². The van der Waals surface area contributed by atoms with Crippen molar-refractivity contribution in [2.24, 2.45) is 5.28 Å². The monoisotopic (exact) mass is 297 g/mol. The van der Waals surface area contributed by atoms with Crippen LogP contribution in [-0.4, -0.2) is 32.9 Å². The van der Waals surface area contributed by atoms with Crippen LogP contribution in [0.4, 0.5) is 11.4 Å². The smallest absolute Gasteiger partial charge is 0.321 e. The summed E-state index contributed by atoms with van der Waals surface area (Å²) in [4.78, 5) is 24.8. The molecule has 0 N–H and O–H groups in total. The average molecular weight is 297 g/mol. The molecule has 21 heavy (non-hydrogen) atoms. The highest BCUT2D eigenvalue weighted by atomic mass is 16.7. The van der Waals surface area contributed by atoms with Crippen molar-refractivity contribution in [1.29, 1.82) is 0 Å². The SMILES string of the molecule is O=[N+]([O-])c1ccc(O/N=[N+](\[O-])N2CCCC2)c([N+](=O)[O-])c1. The van der Waals surface area contributed by atoms with Crippen LogP contribution >= 0.6 is 0 Å². The van der Waals surface area contributed by atoms with Gasteiger partial charge in [0.2, 0.25) is 11.0 Å². The van der Waals surface area contributed by atoms with Gasteiger partial charge in [0, 0.05) is 6.07 Å². The lowest BCUT2D eigenvalue weighted by Gasteiger charge is -2.09. The molecule has 2 rings (SSSR count). The van der Waals surface area contributed by atoms with Crippen LogP contribution in [0.5, 0.6) is 5.75 Å². The van der Waals surface area contributed by atoms with E-state index in [0.29, 0.717) is 13.1 Å². The van der Waals surface area contributed by atoms with Crippen LogP contribution in [-0.2, 0) is 0 Å². The quantitative estimate of drug-likeness (QED) is 0.349. The molecule has 0 spiro atoms. The second-order valence-corrected chi connectivity index (χ2v) is 4.25. The molecule has 1 saturated heterocycles. The Kier molecular flexibility index (Phi) is 4.11. The predicted molar refractivity (Wildman–Crippen MR) is 67.2 cm³/mol. The Labute approximate surface area is 117 Å². The number of nitro groups is 2. The maximum Gasteiger partial charge on any atom is 0.321 e. The number of nitrogens with zero attached hydrogens (tertiary/aromatic N) is 5. The lowest BCUT2D eigenvalue weighted by molar-refractivity contribution is -0.703. The highest BCUT2D eigenvalue weighted by Gasteiger charge is 2.23. The van der Waals surface area contributed by atoms with Gasteiger partial charge in [-0.1, -0.05) is 0 Å². The van der Waals surface area contributed by atoms with Gasteiger partial charge in [-0.3, -0.25) is 25.1 Å². The van der Waals surface area contributed by atoms with Crippen molar-refractivity contribution in [3.63, 3.8) is 0 Å². The van der Waals surface area contributed by atoms with Gasteiger partial charge in [0.05, 0.1) is 34.0 Å². The summed E-state index contributed by atoms with van der Waals surface area (Å²) in [5.74, 6) is -0.342. The zero-order valence-electron chi connectivity index (χ0n) is 10.7. The normalized spacial score (nSPS) is 15.0. The molecule has 1 aromatic rings. The van der Waals surface area contributed by atoms with E-state index in [2.05, 4.69) is 5.28 Å². The number of hydrogen-bond acceptors (Lipinski definition) is 7. The minimum atomic E-state index is -0.844. The first-order chi connectivity index (χ1) is 9.99. The van der Waals surface area contributed by atoms with E-state index in [4.69, 9.17) is 4.84 Å². The molecule has 0 radical (unpaired) electrons. The van der Waals surface area contributed by atoms with E-state index in [9.17, 15) is 25.4 Å². The van der Waals surface area contributed by atoms with Gasteiger partial charge in [-0.15, -0.1) is 5.01 Å². The zero-order valence-corrected chi connectivity index (χ0v) is 10.7. The van der Waals surface area contributed by atoms with Gasteiger partial charge in [-0.05, 0) is 18.9 Å². The van der Waals surface area contributed by atoms with Crippen molar-refractivity contribution in [1.82, 2.24) is 5.01 Å². The summed E-state index contributed by atoms with van der Waals surface area (Å²) >= 11 is 0. The summed E-state index contributed by atoms with van der Waals surface area (Å²) in [6, 6.07) is 2.80. The Hall–Kier alpha value is -2.98. The van der Waals surface area contributed by atoms with E-state index in [0.717, 1.165) is 31.0 Å². The fourth-order valence-corrected chi connectivity index (χ4v) is 1.84. The molecule has 1 aromatic carbocycles. The maximum atomic E-state index is 11.5. The molecule has 0 aromatic heterocycles. The summed E-state index contributed by atoms with van der Waals surface area (Å²) in [5.41, 5.74) is -1.09. The maximum absolute atomic E-state index is 11.5. The molecule has 1 heterocycles. The third kappa shape index (κ3) is 3.32. The molecule has 112 valence electrons. The number of rotatable bonds is 5. The topological polar surface area (TPSA) is 137 Å². The number of non-ortho nitro benzene ring substituents is 1. The molecule has 0 unspecified atom stereocenters. The summed E-state index contributed by atoms with van der Waals surface area (Å²) < 4.78 is 0. The van der Waals surface area contributed by atoms with Crippen LogP contribution in [0, 0.1) is 25.4 Å². The number of hydrazine groups is 1. The van der Waals surface area contributed by atoms with E-state index in [1.54, 1.807) is 0 Å². The summed E-state index contributed by atoms with van der Waals surface area (Å²) in [6.45, 7) is 1.05. The third-order valence-corrected chi connectivity index (χ3v) is 2.88. The second kappa shape index (κ2) is 5.98. The fourth-order valence-electron chi connectivity index (χ4n) is 1.84. The highest BCUT2D eigenvalue weighted by molar-refractivity contribution is 5.53. The van der Waals surface area contributed by atoms with Crippen LogP contribution in [0.1, 0.15) is 12.8 Å². The molecule has 0 bridgehead atoms. The molecule has 11 heteroatoms. The van der Waals surface area contributed by atoms with Gasteiger partial charge >= 0.3 is 5.69 Å². The van der Waals surface area contributed by atoms with E-state index in [-0.39, 0.29) is 10.7 Å². The average Bonchev–Trinajstić information content (AvgIpc) is 2.98. The second-order valence-electron chi connectivity index (χ2n) is 4.25. The van der Waals surface area contributed by atoms with Crippen molar-refractivity contribution >= 4 is 11.4 Å². The fraction of sp³-hybridized carbons (Fsp3) is 0.400. The molecule has 0 saturated carbocycles. The van der Waals surface area contributed by atoms with Crippen LogP contribution in [0.3, 0.4) is 0 Å². The van der Waals surface area contributed by atoms with E-state index < -0.39 is 21.2 Å². The standard InChI is InChI=1S/C10H11N5O6/c16-13(17)8-3-4-10(9(7-8)14(18)19)21-11-15(20)12-5-1-2-6-12/h3-4,7H,1-2,5-6H2/b15-11-. The summed E-state index contributed by atoms with van der Waals surface area (Å²) in [6.07, 6.45) is 1.71. The third-order valence-electron chi connectivity index (χ3n) is 2.88. The molecule has 11 nitrogen and oxygen atoms in total.